The number of ether oxygens (including phenoxy) is 1. The third-order valence-electron chi connectivity index (χ3n) is 4.62. The van der Waals surface area contributed by atoms with Gasteiger partial charge < -0.3 is 4.74 Å². The lowest BCUT2D eigenvalue weighted by Gasteiger charge is -2.26. The van der Waals surface area contributed by atoms with Crippen LogP contribution in [0.25, 0.3) is 0 Å². The lowest BCUT2D eigenvalue weighted by atomic mass is 10.2. The van der Waals surface area contributed by atoms with Gasteiger partial charge in [0.1, 0.15) is 6.61 Å². The van der Waals surface area contributed by atoms with Crippen molar-refractivity contribution in [3.63, 3.8) is 0 Å². The average Bonchev–Trinajstić information content (AvgIpc) is 2.83. The second kappa shape index (κ2) is 10.6. The Morgan fingerprint density at radius 1 is 0.788 bits per heavy atom. The van der Waals surface area contributed by atoms with Gasteiger partial charge in [0.05, 0.1) is 15.8 Å². The minimum Gasteiger partial charge on any atom is -0.458 e. The molecule has 7 nitrogen and oxygen atoms in total. The summed E-state index contributed by atoms with van der Waals surface area (Å²) < 4.78 is 58.9. The van der Waals surface area contributed by atoms with Crippen molar-refractivity contribution in [1.82, 2.24) is 3.71 Å². The van der Waals surface area contributed by atoms with Gasteiger partial charge in [-0.1, -0.05) is 76.5 Å². The van der Waals surface area contributed by atoms with Crippen LogP contribution in [0.2, 0.25) is 0 Å². The molecule has 0 bridgehead atoms. The summed E-state index contributed by atoms with van der Waals surface area (Å²) in [4.78, 5) is 11.8. The van der Waals surface area contributed by atoms with E-state index in [2.05, 4.69) is 0 Å². The second-order valence-corrected chi connectivity index (χ2v) is 10.9. The van der Waals surface area contributed by atoms with E-state index in [1.54, 1.807) is 24.3 Å². The Morgan fingerprint density at radius 3 is 1.67 bits per heavy atom. The molecule has 3 rings (SSSR count). The van der Waals surface area contributed by atoms with E-state index in [9.17, 15) is 21.6 Å². The summed E-state index contributed by atoms with van der Waals surface area (Å²) in [5, 5.41) is 0. The first-order valence-corrected chi connectivity index (χ1v) is 12.9. The molecule has 0 unspecified atom stereocenters. The first kappa shape index (κ1) is 24.4. The smallest absolute Gasteiger partial charge is 0.330 e. The number of esters is 1. The van der Waals surface area contributed by atoms with Gasteiger partial charge in [-0.2, -0.15) is 0 Å². The lowest BCUT2D eigenvalue weighted by molar-refractivity contribution is -0.139. The SMILES string of the molecule is C[C@H](/C=C/C(=O)OCc1ccccc1)N(S(=O)(=O)c1ccccc1)S(=O)(=O)c1ccccc1. The molecular weight excluding hydrogens is 462 g/mol. The van der Waals surface area contributed by atoms with Gasteiger partial charge in [-0.15, -0.1) is 0 Å². The molecular formula is C24H23NO6S2. The maximum absolute atomic E-state index is 13.3. The van der Waals surface area contributed by atoms with Gasteiger partial charge in [0.25, 0.3) is 20.0 Å². The van der Waals surface area contributed by atoms with Gasteiger partial charge in [-0.05, 0) is 36.8 Å². The van der Waals surface area contributed by atoms with E-state index in [4.69, 9.17) is 4.74 Å². The molecule has 1 atom stereocenters. The fourth-order valence-electron chi connectivity index (χ4n) is 3.02. The molecule has 0 aliphatic carbocycles. The number of benzene rings is 3. The minimum atomic E-state index is -4.47. The monoisotopic (exact) mass is 485 g/mol. The van der Waals surface area contributed by atoms with Gasteiger partial charge in [-0.3, -0.25) is 0 Å². The summed E-state index contributed by atoms with van der Waals surface area (Å²) in [7, 11) is -8.93. The zero-order valence-corrected chi connectivity index (χ0v) is 19.4. The maximum atomic E-state index is 13.3. The van der Waals surface area contributed by atoms with Crippen LogP contribution < -0.4 is 0 Å². The summed E-state index contributed by atoms with van der Waals surface area (Å²) in [5.41, 5.74) is 0.784. The Morgan fingerprint density at radius 2 is 1.21 bits per heavy atom. The number of hydrogen-bond donors (Lipinski definition) is 0. The molecule has 172 valence electrons. The van der Waals surface area contributed by atoms with Crippen molar-refractivity contribution in [2.75, 3.05) is 0 Å². The van der Waals surface area contributed by atoms with E-state index in [0.717, 1.165) is 11.6 Å². The van der Waals surface area contributed by atoms with Gasteiger partial charge in [0.2, 0.25) is 0 Å². The number of hydrogen-bond acceptors (Lipinski definition) is 6. The maximum Gasteiger partial charge on any atom is 0.330 e. The van der Waals surface area contributed by atoms with Crippen LogP contribution in [-0.4, -0.2) is 32.6 Å². The Hall–Kier alpha value is -3.27. The largest absolute Gasteiger partial charge is 0.458 e. The van der Waals surface area contributed by atoms with Crippen LogP contribution in [0.3, 0.4) is 0 Å². The number of carbonyl (C=O) groups excluding carboxylic acids is 1. The van der Waals surface area contributed by atoms with Crippen molar-refractivity contribution in [1.29, 1.82) is 0 Å². The molecule has 0 saturated heterocycles. The fourth-order valence-corrected chi connectivity index (χ4v) is 7.01. The molecule has 9 heteroatoms. The highest BCUT2D eigenvalue weighted by molar-refractivity contribution is 8.04. The first-order valence-electron chi connectivity index (χ1n) is 10.0. The normalized spacial score (nSPS) is 13.2. The molecule has 0 saturated carbocycles. The van der Waals surface area contributed by atoms with Gasteiger partial charge in [0.15, 0.2) is 0 Å². The van der Waals surface area contributed by atoms with E-state index >= 15 is 0 Å². The quantitative estimate of drug-likeness (QED) is 0.338. The molecule has 0 fully saturated rings. The average molecular weight is 486 g/mol. The summed E-state index contributed by atoms with van der Waals surface area (Å²) in [6.45, 7) is 1.41. The highest BCUT2D eigenvalue weighted by Crippen LogP contribution is 2.27. The van der Waals surface area contributed by atoms with E-state index in [-0.39, 0.29) is 16.4 Å². The molecule has 0 aliphatic rings. The van der Waals surface area contributed by atoms with Gasteiger partial charge in [-0.25, -0.2) is 21.6 Å². The van der Waals surface area contributed by atoms with Crippen molar-refractivity contribution in [2.45, 2.75) is 29.4 Å². The van der Waals surface area contributed by atoms with Crippen LogP contribution in [0, 0.1) is 0 Å². The van der Waals surface area contributed by atoms with Crippen molar-refractivity contribution >= 4 is 26.0 Å². The van der Waals surface area contributed by atoms with Crippen molar-refractivity contribution in [2.24, 2.45) is 0 Å². The Balaban J connectivity index is 1.90. The van der Waals surface area contributed by atoms with E-state index < -0.39 is 32.1 Å². The second-order valence-electron chi connectivity index (χ2n) is 7.05. The molecule has 3 aromatic rings. The Bertz CT molecular complexity index is 1240. The van der Waals surface area contributed by atoms with Crippen LogP contribution >= 0.6 is 0 Å². The minimum absolute atomic E-state index is 0.0345. The Labute approximate surface area is 194 Å². The third-order valence-corrected chi connectivity index (χ3v) is 9.15. The molecule has 0 amide bonds. The summed E-state index contributed by atoms with van der Waals surface area (Å²) in [5.74, 6) is -0.722. The molecule has 3 aromatic carbocycles. The summed E-state index contributed by atoms with van der Waals surface area (Å²) in [6.07, 6.45) is 2.22. The molecule has 0 aromatic heterocycles. The standard InChI is InChI=1S/C24H23NO6S2/c1-20(17-18-24(26)31-19-21-11-5-2-6-12-21)25(32(27,28)22-13-7-3-8-14-22)33(29,30)23-15-9-4-10-16-23/h2-18,20H,19H2,1H3/b18-17+/t20-/m1/s1. The number of sulfonamides is 2. The highest BCUT2D eigenvalue weighted by atomic mass is 32.3. The number of rotatable bonds is 9. The molecule has 33 heavy (non-hydrogen) atoms. The van der Waals surface area contributed by atoms with Gasteiger partial charge >= 0.3 is 5.97 Å². The molecule has 0 spiro atoms. The Kier molecular flexibility index (Phi) is 7.80. The molecule has 0 aliphatic heterocycles. The third kappa shape index (κ3) is 5.95. The van der Waals surface area contributed by atoms with E-state index in [1.807, 2.05) is 18.2 Å². The van der Waals surface area contributed by atoms with Gasteiger partial charge in [0, 0.05) is 6.08 Å². The zero-order valence-electron chi connectivity index (χ0n) is 17.8. The van der Waals surface area contributed by atoms with E-state index in [1.165, 1.54) is 61.5 Å². The highest BCUT2D eigenvalue weighted by Gasteiger charge is 2.39. The molecule has 0 radical (unpaired) electrons. The van der Waals surface area contributed by atoms with Crippen LogP contribution in [-0.2, 0) is 36.2 Å². The predicted molar refractivity (Wildman–Crippen MR) is 124 cm³/mol. The number of carbonyl (C=O) groups is 1. The van der Waals surface area contributed by atoms with Crippen molar-refractivity contribution in [3.05, 3.63) is 109 Å². The van der Waals surface area contributed by atoms with Crippen LogP contribution in [0.15, 0.2) is 113 Å². The molecule has 0 heterocycles. The summed E-state index contributed by atoms with van der Waals surface area (Å²) >= 11 is 0. The topological polar surface area (TPSA) is 97.8 Å². The number of nitrogens with zero attached hydrogens (tertiary/aromatic N) is 1. The van der Waals surface area contributed by atoms with Crippen LogP contribution in [0.4, 0.5) is 0 Å². The van der Waals surface area contributed by atoms with E-state index in [0.29, 0.717) is 3.71 Å². The summed E-state index contributed by atoms with van der Waals surface area (Å²) in [6, 6.07) is 22.3. The zero-order chi connectivity index (χ0) is 23.9. The lowest BCUT2D eigenvalue weighted by Crippen LogP contribution is -2.42. The van der Waals surface area contributed by atoms with Crippen LogP contribution in [0.1, 0.15) is 12.5 Å². The van der Waals surface area contributed by atoms with Crippen molar-refractivity contribution < 1.29 is 26.4 Å². The fraction of sp³-hybridized carbons (Fsp3) is 0.125. The van der Waals surface area contributed by atoms with Crippen LogP contribution in [0.5, 0.6) is 0 Å². The van der Waals surface area contributed by atoms with Crippen molar-refractivity contribution in [3.8, 4) is 0 Å². The molecule has 0 N–H and O–H groups in total. The predicted octanol–water partition coefficient (Wildman–Crippen LogP) is 3.75. The first-order chi connectivity index (χ1) is 15.7.